The lowest BCUT2D eigenvalue weighted by Gasteiger charge is -2.06. The summed E-state index contributed by atoms with van der Waals surface area (Å²) in [6, 6.07) is 15.5. The van der Waals surface area contributed by atoms with E-state index in [1.807, 2.05) is 6.07 Å². The van der Waals surface area contributed by atoms with Crippen molar-refractivity contribution in [3.63, 3.8) is 0 Å². The molecule has 0 spiro atoms. The minimum atomic E-state index is -0.710. The summed E-state index contributed by atoms with van der Waals surface area (Å²) in [6.45, 7) is 0.00842. The van der Waals surface area contributed by atoms with Gasteiger partial charge in [0, 0.05) is 12.6 Å². The number of hydrogen-bond donors (Lipinski definition) is 1. The number of esters is 1. The van der Waals surface area contributed by atoms with Gasteiger partial charge in [-0.15, -0.1) is 0 Å². The van der Waals surface area contributed by atoms with Crippen LogP contribution in [0.2, 0.25) is 0 Å². The summed E-state index contributed by atoms with van der Waals surface area (Å²) in [6.07, 6.45) is 1.45. The number of nitrogens with zero attached hydrogens (tertiary/aromatic N) is 1. The van der Waals surface area contributed by atoms with Crippen molar-refractivity contribution < 1.29 is 19.1 Å². The Balaban J connectivity index is 2.01. The predicted octanol–water partition coefficient (Wildman–Crippen LogP) is 2.71. The van der Waals surface area contributed by atoms with E-state index < -0.39 is 5.97 Å². The van der Waals surface area contributed by atoms with Gasteiger partial charge in [0.25, 0.3) is 5.91 Å². The zero-order valence-electron chi connectivity index (χ0n) is 14.5. The van der Waals surface area contributed by atoms with E-state index in [4.69, 9.17) is 9.47 Å². The highest BCUT2D eigenvalue weighted by molar-refractivity contribution is 5.98. The molecule has 26 heavy (non-hydrogen) atoms. The lowest BCUT2D eigenvalue weighted by Crippen LogP contribution is -2.17. The summed E-state index contributed by atoms with van der Waals surface area (Å²) in [4.78, 5) is 23.6. The molecule has 0 fully saturated rings. The number of carbonyl (C=O) groups excluding carboxylic acids is 2. The van der Waals surface area contributed by atoms with Gasteiger partial charge in [0.2, 0.25) is 0 Å². The van der Waals surface area contributed by atoms with E-state index in [0.717, 1.165) is 0 Å². The van der Waals surface area contributed by atoms with Gasteiger partial charge in [-0.25, -0.2) is 4.79 Å². The Morgan fingerprint density at radius 2 is 1.77 bits per heavy atom. The summed E-state index contributed by atoms with van der Waals surface area (Å²) in [5.41, 5.74) is 1.82. The van der Waals surface area contributed by atoms with Crippen molar-refractivity contribution >= 4 is 18.0 Å². The van der Waals surface area contributed by atoms with Crippen molar-refractivity contribution in [2.24, 2.45) is 0 Å². The molecule has 0 saturated carbocycles. The van der Waals surface area contributed by atoms with Crippen LogP contribution < -0.4 is 10.1 Å². The first kappa shape index (κ1) is 18.7. The van der Waals surface area contributed by atoms with Gasteiger partial charge in [0.05, 0.1) is 7.11 Å². The molecule has 0 aliphatic rings. The molecule has 0 radical (unpaired) electrons. The number of ether oxygens (including phenoxy) is 2. The van der Waals surface area contributed by atoms with Crippen molar-refractivity contribution in [3.05, 3.63) is 70.8 Å². The normalized spacial score (nSPS) is 10.6. The average Bonchev–Trinajstić information content (AvgIpc) is 2.70. The van der Waals surface area contributed by atoms with Crippen LogP contribution in [0.4, 0.5) is 0 Å². The van der Waals surface area contributed by atoms with E-state index in [1.54, 1.807) is 62.7 Å². The predicted molar refractivity (Wildman–Crippen MR) is 96.2 cm³/mol. The lowest BCUT2D eigenvalue weighted by molar-refractivity contribution is -0.139. The monoisotopic (exact) mass is 350 g/mol. The molecule has 0 bridgehead atoms. The van der Waals surface area contributed by atoms with Gasteiger partial charge >= 0.3 is 5.97 Å². The highest BCUT2D eigenvalue weighted by Crippen LogP contribution is 2.15. The third kappa shape index (κ3) is 4.95. The van der Waals surface area contributed by atoms with Gasteiger partial charge < -0.3 is 14.8 Å². The number of nitrogens with one attached hydrogen (secondary N) is 1. The van der Waals surface area contributed by atoms with E-state index in [9.17, 15) is 14.9 Å². The van der Waals surface area contributed by atoms with Crippen molar-refractivity contribution in [2.75, 3.05) is 14.2 Å². The average molecular weight is 350 g/mol. The van der Waals surface area contributed by atoms with Crippen LogP contribution in [0.1, 0.15) is 21.5 Å². The second-order valence-electron chi connectivity index (χ2n) is 5.30. The van der Waals surface area contributed by atoms with E-state index in [0.29, 0.717) is 22.4 Å². The van der Waals surface area contributed by atoms with Gasteiger partial charge in [-0.1, -0.05) is 24.3 Å². The van der Waals surface area contributed by atoms with Crippen LogP contribution in [0.25, 0.3) is 6.08 Å². The number of hydrogen-bond acceptors (Lipinski definition) is 5. The summed E-state index contributed by atoms with van der Waals surface area (Å²) in [5.74, 6) is -0.218. The highest BCUT2D eigenvalue weighted by atomic mass is 16.5. The Morgan fingerprint density at radius 1 is 1.12 bits per heavy atom. The maximum absolute atomic E-state index is 12.1. The summed E-state index contributed by atoms with van der Waals surface area (Å²) in [7, 11) is 3.11. The van der Waals surface area contributed by atoms with Crippen LogP contribution in [0, 0.1) is 11.3 Å². The summed E-state index contributed by atoms with van der Waals surface area (Å²) < 4.78 is 10.2. The molecule has 2 aromatic carbocycles. The largest absolute Gasteiger partial charge is 0.497 e. The molecule has 132 valence electrons. The molecule has 1 N–H and O–H groups in total. The molecule has 6 heteroatoms. The summed E-state index contributed by atoms with van der Waals surface area (Å²) >= 11 is 0. The molecule has 0 saturated heterocycles. The van der Waals surface area contributed by atoms with Crippen molar-refractivity contribution in [1.82, 2.24) is 5.32 Å². The molecule has 2 rings (SSSR count). The third-order valence-corrected chi connectivity index (χ3v) is 3.58. The van der Waals surface area contributed by atoms with Gasteiger partial charge in [0.15, 0.2) is 0 Å². The number of carbonyl (C=O) groups is 2. The first-order chi connectivity index (χ1) is 12.6. The number of nitriles is 1. The van der Waals surface area contributed by atoms with Crippen LogP contribution in [-0.2, 0) is 16.1 Å². The number of methoxy groups -OCH3 is 1. The lowest BCUT2D eigenvalue weighted by atomic mass is 10.1. The van der Waals surface area contributed by atoms with Crippen LogP contribution in [0.3, 0.4) is 0 Å². The molecule has 0 atom stereocenters. The van der Waals surface area contributed by atoms with Crippen molar-refractivity contribution in [1.29, 1.82) is 5.26 Å². The van der Waals surface area contributed by atoms with Crippen molar-refractivity contribution in [2.45, 2.75) is 6.61 Å². The quantitative estimate of drug-likeness (QED) is 0.492. The van der Waals surface area contributed by atoms with Crippen LogP contribution >= 0.6 is 0 Å². The Hall–Kier alpha value is -3.59. The molecule has 6 nitrogen and oxygen atoms in total. The Bertz CT molecular complexity index is 847. The molecule has 0 aliphatic carbocycles. The van der Waals surface area contributed by atoms with E-state index >= 15 is 0 Å². The fourth-order valence-electron chi connectivity index (χ4n) is 2.13. The second-order valence-corrected chi connectivity index (χ2v) is 5.30. The first-order valence-electron chi connectivity index (χ1n) is 7.81. The molecule has 0 aliphatic heterocycles. The van der Waals surface area contributed by atoms with Crippen LogP contribution in [0.5, 0.6) is 5.75 Å². The fraction of sp³-hybridized carbons (Fsp3) is 0.150. The SMILES string of the molecule is CNC(=O)c1ccc(COC(=O)/C(C#N)=C\c2ccc(OC)cc2)cc1. The van der Waals surface area contributed by atoms with Gasteiger partial charge in [-0.3, -0.25) is 4.79 Å². The van der Waals surface area contributed by atoms with Crippen LogP contribution in [-0.4, -0.2) is 26.0 Å². The van der Waals surface area contributed by atoms with Crippen LogP contribution in [0.15, 0.2) is 54.1 Å². The first-order valence-corrected chi connectivity index (χ1v) is 7.81. The molecular weight excluding hydrogens is 332 g/mol. The summed E-state index contributed by atoms with van der Waals surface area (Å²) in [5, 5.41) is 11.7. The standard InChI is InChI=1S/C20H18N2O4/c1-22-19(23)16-7-3-15(4-8-16)13-26-20(24)17(12-21)11-14-5-9-18(25-2)10-6-14/h3-11H,13H2,1-2H3,(H,22,23)/b17-11-. The van der Waals surface area contributed by atoms with Gasteiger partial charge in [-0.2, -0.15) is 5.26 Å². The fourth-order valence-corrected chi connectivity index (χ4v) is 2.13. The third-order valence-electron chi connectivity index (χ3n) is 3.58. The second kappa shape index (κ2) is 9.04. The van der Waals surface area contributed by atoms with Gasteiger partial charge in [0.1, 0.15) is 24.0 Å². The smallest absolute Gasteiger partial charge is 0.349 e. The van der Waals surface area contributed by atoms with E-state index in [1.165, 1.54) is 6.08 Å². The maximum Gasteiger partial charge on any atom is 0.349 e. The zero-order valence-corrected chi connectivity index (χ0v) is 14.5. The minimum Gasteiger partial charge on any atom is -0.497 e. The molecule has 0 unspecified atom stereocenters. The van der Waals surface area contributed by atoms with Gasteiger partial charge in [-0.05, 0) is 41.5 Å². The van der Waals surface area contributed by atoms with E-state index in [2.05, 4.69) is 5.32 Å². The Labute approximate surface area is 151 Å². The molecular formula is C20H18N2O4. The zero-order chi connectivity index (χ0) is 18.9. The maximum atomic E-state index is 12.1. The van der Waals surface area contributed by atoms with E-state index in [-0.39, 0.29) is 18.1 Å². The molecule has 1 amide bonds. The highest BCUT2D eigenvalue weighted by Gasteiger charge is 2.11. The number of benzene rings is 2. The molecule has 0 heterocycles. The Kier molecular flexibility index (Phi) is 6.52. The van der Waals surface area contributed by atoms with Crippen molar-refractivity contribution in [3.8, 4) is 11.8 Å². The number of rotatable bonds is 6. The minimum absolute atomic E-state index is 0.00842. The number of amides is 1. The topological polar surface area (TPSA) is 88.4 Å². The molecule has 2 aromatic rings. The molecule has 0 aromatic heterocycles. The Morgan fingerprint density at radius 3 is 2.31 bits per heavy atom.